The Balaban J connectivity index is 2.00. The number of ether oxygens (including phenoxy) is 1. The molecule has 0 aromatic heterocycles. The van der Waals surface area contributed by atoms with E-state index in [2.05, 4.69) is 5.32 Å². The van der Waals surface area contributed by atoms with Gasteiger partial charge in [-0.05, 0) is 55.7 Å². The minimum absolute atomic E-state index is 0.00558. The number of hydrogen-bond donors (Lipinski definition) is 1. The molecule has 0 aliphatic heterocycles. The van der Waals surface area contributed by atoms with E-state index in [1.165, 1.54) is 30.2 Å². The fourth-order valence-electron chi connectivity index (χ4n) is 4.20. The Morgan fingerprint density at radius 3 is 2.27 bits per heavy atom. The van der Waals surface area contributed by atoms with Crippen LogP contribution in [0.1, 0.15) is 32.3 Å². The molecular weight excluding hydrogens is 550 g/mol. The second-order valence-electron chi connectivity index (χ2n) is 9.28. The monoisotopic (exact) mass is 585 g/mol. The Morgan fingerprint density at radius 2 is 1.65 bits per heavy atom. The third kappa shape index (κ3) is 7.99. The van der Waals surface area contributed by atoms with Crippen molar-refractivity contribution in [3.8, 4) is 5.75 Å². The predicted octanol–water partition coefficient (Wildman–Crippen LogP) is 4.92. The molecule has 1 atom stereocenters. The summed E-state index contributed by atoms with van der Waals surface area (Å²) in [6.45, 7) is 3.83. The second-order valence-corrected chi connectivity index (χ2v) is 11.6. The highest BCUT2D eigenvalue weighted by atomic mass is 35.5. The first kappa shape index (κ1) is 31.0. The fourth-order valence-corrected chi connectivity index (χ4v) is 5.80. The van der Waals surface area contributed by atoms with Crippen molar-refractivity contribution in [2.75, 3.05) is 31.0 Å². The van der Waals surface area contributed by atoms with Crippen LogP contribution in [0.2, 0.25) is 5.02 Å². The topological polar surface area (TPSA) is 96.0 Å². The predicted molar refractivity (Wildman–Crippen MR) is 158 cm³/mol. The molecular formula is C30H36ClN3O5S. The summed E-state index contributed by atoms with van der Waals surface area (Å²) in [4.78, 5) is 28.4. The molecule has 2 amide bonds. The first-order valence-corrected chi connectivity index (χ1v) is 15.0. The number of carbonyl (C=O) groups is 2. The van der Waals surface area contributed by atoms with Gasteiger partial charge in [0.1, 0.15) is 18.3 Å². The molecule has 0 radical (unpaired) electrons. The van der Waals surface area contributed by atoms with Crippen LogP contribution in [-0.4, -0.2) is 57.9 Å². The van der Waals surface area contributed by atoms with Crippen molar-refractivity contribution in [3.05, 3.63) is 89.4 Å². The number of rotatable bonds is 14. The van der Waals surface area contributed by atoms with Crippen LogP contribution in [0.15, 0.2) is 83.8 Å². The Labute approximate surface area is 241 Å². The molecule has 1 N–H and O–H groups in total. The maximum Gasteiger partial charge on any atom is 0.264 e. The summed E-state index contributed by atoms with van der Waals surface area (Å²) in [5, 5.41) is 3.16. The number of nitrogens with one attached hydrogen (secondary N) is 1. The number of anilines is 1. The number of sulfonamides is 1. The van der Waals surface area contributed by atoms with E-state index in [9.17, 15) is 18.0 Å². The SMILES string of the molecule is CCCCNC(=O)C(C)N(CCc1ccccc1)C(=O)CN(c1cc(Cl)ccc1OC)S(=O)(=O)c1ccccc1. The van der Waals surface area contributed by atoms with Crippen molar-refractivity contribution in [2.45, 2.75) is 44.0 Å². The van der Waals surface area contributed by atoms with Crippen molar-refractivity contribution in [1.82, 2.24) is 10.2 Å². The highest BCUT2D eigenvalue weighted by Gasteiger charge is 2.33. The third-order valence-corrected chi connectivity index (χ3v) is 8.51. The summed E-state index contributed by atoms with van der Waals surface area (Å²) in [6, 6.07) is 21.2. The maximum atomic E-state index is 14.0. The van der Waals surface area contributed by atoms with Gasteiger partial charge in [-0.1, -0.05) is 73.5 Å². The minimum Gasteiger partial charge on any atom is -0.495 e. The van der Waals surface area contributed by atoms with E-state index in [-0.39, 0.29) is 33.8 Å². The quantitative estimate of drug-likeness (QED) is 0.271. The van der Waals surface area contributed by atoms with Crippen molar-refractivity contribution in [1.29, 1.82) is 0 Å². The summed E-state index contributed by atoms with van der Waals surface area (Å²) in [7, 11) is -2.80. The average molecular weight is 586 g/mol. The molecule has 40 heavy (non-hydrogen) atoms. The van der Waals surface area contributed by atoms with Gasteiger partial charge in [0.25, 0.3) is 10.0 Å². The van der Waals surface area contributed by atoms with Crippen LogP contribution in [0.5, 0.6) is 5.75 Å². The zero-order valence-corrected chi connectivity index (χ0v) is 24.6. The molecule has 0 aliphatic rings. The molecule has 214 valence electrons. The molecule has 0 heterocycles. The van der Waals surface area contributed by atoms with Gasteiger partial charge < -0.3 is 15.0 Å². The van der Waals surface area contributed by atoms with E-state index in [4.69, 9.17) is 16.3 Å². The number of halogens is 1. The van der Waals surface area contributed by atoms with Gasteiger partial charge in [0.15, 0.2) is 0 Å². The smallest absolute Gasteiger partial charge is 0.264 e. The number of hydrogen-bond acceptors (Lipinski definition) is 5. The zero-order chi connectivity index (χ0) is 29.1. The van der Waals surface area contributed by atoms with Gasteiger partial charge in [-0.2, -0.15) is 0 Å². The Morgan fingerprint density at radius 1 is 1.00 bits per heavy atom. The number of nitrogens with zero attached hydrogens (tertiary/aromatic N) is 2. The lowest BCUT2D eigenvalue weighted by Crippen LogP contribution is -2.52. The fraction of sp³-hybridized carbons (Fsp3) is 0.333. The van der Waals surface area contributed by atoms with Crippen molar-refractivity contribution < 1.29 is 22.7 Å². The van der Waals surface area contributed by atoms with Gasteiger partial charge in [-0.15, -0.1) is 0 Å². The van der Waals surface area contributed by atoms with Crippen LogP contribution < -0.4 is 14.4 Å². The Kier molecular flexibility index (Phi) is 11.4. The minimum atomic E-state index is -4.22. The second kappa shape index (κ2) is 14.7. The maximum absolute atomic E-state index is 14.0. The van der Waals surface area contributed by atoms with Crippen molar-refractivity contribution in [3.63, 3.8) is 0 Å². The lowest BCUT2D eigenvalue weighted by molar-refractivity contribution is -0.138. The number of methoxy groups -OCH3 is 1. The van der Waals surface area contributed by atoms with E-state index in [0.717, 1.165) is 22.7 Å². The molecule has 3 aromatic carbocycles. The molecule has 8 nitrogen and oxygen atoms in total. The Hall–Kier alpha value is -3.56. The van der Waals surface area contributed by atoms with Crippen LogP contribution in [0.3, 0.4) is 0 Å². The van der Waals surface area contributed by atoms with Gasteiger partial charge >= 0.3 is 0 Å². The van der Waals surface area contributed by atoms with Gasteiger partial charge in [-0.3, -0.25) is 13.9 Å². The van der Waals surface area contributed by atoms with E-state index in [1.807, 2.05) is 37.3 Å². The molecule has 0 aliphatic carbocycles. The summed E-state index contributed by atoms with van der Waals surface area (Å²) in [5.41, 5.74) is 1.11. The molecule has 3 rings (SSSR count). The number of benzene rings is 3. The number of amides is 2. The van der Waals surface area contributed by atoms with Gasteiger partial charge in [0.05, 0.1) is 17.7 Å². The number of carbonyl (C=O) groups excluding carboxylic acids is 2. The van der Waals surface area contributed by atoms with Crippen LogP contribution in [-0.2, 0) is 26.0 Å². The van der Waals surface area contributed by atoms with Gasteiger partial charge in [0, 0.05) is 18.1 Å². The van der Waals surface area contributed by atoms with E-state index >= 15 is 0 Å². The molecule has 0 spiro atoms. The first-order chi connectivity index (χ1) is 19.2. The summed E-state index contributed by atoms with van der Waals surface area (Å²) < 4.78 is 34.2. The van der Waals surface area contributed by atoms with E-state index in [1.54, 1.807) is 37.3 Å². The summed E-state index contributed by atoms with van der Waals surface area (Å²) >= 11 is 6.26. The zero-order valence-electron chi connectivity index (χ0n) is 23.0. The third-order valence-electron chi connectivity index (χ3n) is 6.50. The lowest BCUT2D eigenvalue weighted by atomic mass is 10.1. The highest BCUT2D eigenvalue weighted by Crippen LogP contribution is 2.35. The lowest BCUT2D eigenvalue weighted by Gasteiger charge is -2.32. The molecule has 0 fully saturated rings. The largest absolute Gasteiger partial charge is 0.495 e. The molecule has 10 heteroatoms. The summed E-state index contributed by atoms with van der Waals surface area (Å²) in [5.74, 6) is -0.596. The number of unbranched alkanes of at least 4 members (excludes halogenated alkanes) is 1. The molecule has 0 saturated heterocycles. The first-order valence-electron chi connectivity index (χ1n) is 13.2. The average Bonchev–Trinajstić information content (AvgIpc) is 2.96. The van der Waals surface area contributed by atoms with E-state index < -0.39 is 28.5 Å². The van der Waals surface area contributed by atoms with Crippen LogP contribution in [0.4, 0.5) is 5.69 Å². The van der Waals surface area contributed by atoms with Crippen molar-refractivity contribution in [2.24, 2.45) is 0 Å². The van der Waals surface area contributed by atoms with Gasteiger partial charge in [0.2, 0.25) is 11.8 Å². The molecule has 3 aromatic rings. The van der Waals surface area contributed by atoms with Gasteiger partial charge in [-0.25, -0.2) is 8.42 Å². The molecule has 0 saturated carbocycles. The molecule has 1 unspecified atom stereocenters. The highest BCUT2D eigenvalue weighted by molar-refractivity contribution is 7.92. The standard InChI is InChI=1S/C30H36ClN3O5S/c1-4-5-19-32-30(36)23(2)33(20-18-24-12-8-6-9-13-24)29(35)22-34(27-21-25(31)16-17-28(27)39-3)40(37,38)26-14-10-7-11-15-26/h6-17,21,23H,4-5,18-20,22H2,1-3H3,(H,32,36). The Bertz CT molecular complexity index is 1370. The van der Waals surface area contributed by atoms with Crippen LogP contribution in [0.25, 0.3) is 0 Å². The van der Waals surface area contributed by atoms with Crippen molar-refractivity contribution >= 4 is 39.1 Å². The normalized spacial score (nSPS) is 11.9. The summed E-state index contributed by atoms with van der Waals surface area (Å²) in [6.07, 6.45) is 2.22. The molecule has 0 bridgehead atoms. The van der Waals surface area contributed by atoms with Crippen LogP contribution in [0, 0.1) is 0 Å². The van der Waals surface area contributed by atoms with E-state index in [0.29, 0.717) is 13.0 Å². The van der Waals surface area contributed by atoms with Crippen LogP contribution >= 0.6 is 11.6 Å².